The van der Waals surface area contributed by atoms with Gasteiger partial charge < -0.3 is 4.74 Å². The molecule has 0 radical (unpaired) electrons. The van der Waals surface area contributed by atoms with E-state index in [1.807, 2.05) is 0 Å². The molecule has 22 heavy (non-hydrogen) atoms. The Morgan fingerprint density at radius 3 is 2.50 bits per heavy atom. The second-order valence-electron chi connectivity index (χ2n) is 4.67. The Kier molecular flexibility index (Phi) is 3.68. The van der Waals surface area contributed by atoms with E-state index in [4.69, 9.17) is 16.3 Å². The van der Waals surface area contributed by atoms with Crippen LogP contribution in [0.25, 0.3) is 20.2 Å². The largest absolute Gasteiger partial charge is 0.427 e. The first-order valence-electron chi connectivity index (χ1n) is 6.34. The molecular weight excluding hydrogens is 324 g/mol. The van der Waals surface area contributed by atoms with E-state index in [-0.39, 0.29) is 5.43 Å². The average molecular weight is 333 g/mol. The molecule has 6 heteroatoms. The van der Waals surface area contributed by atoms with Crippen LogP contribution in [0, 0.1) is 0 Å². The van der Waals surface area contributed by atoms with Gasteiger partial charge in [-0.2, -0.15) is 0 Å². The van der Waals surface area contributed by atoms with E-state index in [0.29, 0.717) is 26.8 Å². The standard InChI is InChI=1S/C16H9ClO4S/c1-8(18)21-10-3-5-13-12(7-10)15(19)11-4-2-9(16(17)20)6-14(11)22-13/h2-7H,1H3. The van der Waals surface area contributed by atoms with Gasteiger partial charge in [-0.1, -0.05) is 0 Å². The van der Waals surface area contributed by atoms with Crippen molar-refractivity contribution in [3.05, 3.63) is 52.2 Å². The summed E-state index contributed by atoms with van der Waals surface area (Å²) in [7, 11) is 0. The third-order valence-electron chi connectivity index (χ3n) is 3.13. The number of hydrogen-bond acceptors (Lipinski definition) is 5. The molecule has 0 bridgehead atoms. The molecular formula is C16H9ClO4S. The molecule has 2 aromatic carbocycles. The zero-order valence-corrected chi connectivity index (χ0v) is 13.0. The van der Waals surface area contributed by atoms with Crippen molar-refractivity contribution in [2.45, 2.75) is 6.92 Å². The molecule has 0 amide bonds. The van der Waals surface area contributed by atoms with Gasteiger partial charge in [-0.15, -0.1) is 11.3 Å². The summed E-state index contributed by atoms with van der Waals surface area (Å²) in [4.78, 5) is 34.8. The quantitative estimate of drug-likeness (QED) is 0.310. The second kappa shape index (κ2) is 5.51. The number of benzene rings is 2. The summed E-state index contributed by atoms with van der Waals surface area (Å²) >= 11 is 6.84. The van der Waals surface area contributed by atoms with Crippen molar-refractivity contribution in [1.82, 2.24) is 0 Å². The highest BCUT2D eigenvalue weighted by Gasteiger charge is 2.10. The number of carbonyl (C=O) groups is 2. The lowest BCUT2D eigenvalue weighted by molar-refractivity contribution is -0.131. The van der Waals surface area contributed by atoms with Crippen molar-refractivity contribution in [2.75, 3.05) is 0 Å². The molecule has 0 unspecified atom stereocenters. The van der Waals surface area contributed by atoms with Crippen molar-refractivity contribution < 1.29 is 14.3 Å². The summed E-state index contributed by atoms with van der Waals surface area (Å²) in [5, 5.41) is 0.409. The molecule has 0 saturated carbocycles. The molecule has 0 N–H and O–H groups in total. The first kappa shape index (κ1) is 14.7. The van der Waals surface area contributed by atoms with E-state index >= 15 is 0 Å². The summed E-state index contributed by atoms with van der Waals surface area (Å²) < 4.78 is 6.43. The molecule has 1 heterocycles. The summed E-state index contributed by atoms with van der Waals surface area (Å²) in [6.07, 6.45) is 0. The first-order chi connectivity index (χ1) is 10.5. The maximum Gasteiger partial charge on any atom is 0.308 e. The fourth-order valence-corrected chi connectivity index (χ4v) is 3.39. The van der Waals surface area contributed by atoms with Crippen molar-refractivity contribution in [1.29, 1.82) is 0 Å². The Morgan fingerprint density at radius 1 is 1.05 bits per heavy atom. The summed E-state index contributed by atoms with van der Waals surface area (Å²) in [5.41, 5.74) is 0.173. The van der Waals surface area contributed by atoms with Gasteiger partial charge in [0.25, 0.3) is 5.24 Å². The maximum atomic E-state index is 12.6. The van der Waals surface area contributed by atoms with Crippen LogP contribution in [0.1, 0.15) is 17.3 Å². The molecule has 0 aliphatic rings. The molecule has 0 spiro atoms. The molecule has 0 aliphatic carbocycles. The van der Waals surface area contributed by atoms with E-state index in [0.717, 1.165) is 4.70 Å². The normalized spacial score (nSPS) is 10.8. The van der Waals surface area contributed by atoms with Gasteiger partial charge in [0.2, 0.25) is 0 Å². The fourth-order valence-electron chi connectivity index (χ4n) is 2.19. The van der Waals surface area contributed by atoms with Gasteiger partial charge in [0.15, 0.2) is 5.43 Å². The number of hydrogen-bond donors (Lipinski definition) is 0. The van der Waals surface area contributed by atoms with Crippen LogP contribution in [0.4, 0.5) is 0 Å². The number of fused-ring (bicyclic) bond motifs is 2. The molecule has 4 nitrogen and oxygen atoms in total. The first-order valence-corrected chi connectivity index (χ1v) is 7.54. The van der Waals surface area contributed by atoms with Crippen LogP contribution >= 0.6 is 22.9 Å². The molecule has 0 aliphatic heterocycles. The highest BCUT2D eigenvalue weighted by atomic mass is 35.5. The Bertz CT molecular complexity index is 991. The Hall–Kier alpha value is -2.24. The number of rotatable bonds is 2. The van der Waals surface area contributed by atoms with E-state index in [9.17, 15) is 14.4 Å². The summed E-state index contributed by atoms with van der Waals surface area (Å²) in [6.45, 7) is 1.30. The van der Waals surface area contributed by atoms with Crippen LogP contribution in [0.3, 0.4) is 0 Å². The minimum absolute atomic E-state index is 0.175. The topological polar surface area (TPSA) is 60.4 Å². The van der Waals surface area contributed by atoms with Crippen LogP contribution in [-0.2, 0) is 4.79 Å². The van der Waals surface area contributed by atoms with Gasteiger partial charge in [-0.3, -0.25) is 14.4 Å². The number of halogens is 1. The van der Waals surface area contributed by atoms with Crippen LogP contribution < -0.4 is 10.2 Å². The van der Waals surface area contributed by atoms with Gasteiger partial charge in [-0.05, 0) is 48.0 Å². The van der Waals surface area contributed by atoms with Gasteiger partial charge >= 0.3 is 5.97 Å². The second-order valence-corrected chi connectivity index (χ2v) is 6.09. The molecule has 0 saturated heterocycles. The Balaban J connectivity index is 2.29. The van der Waals surface area contributed by atoms with Crippen LogP contribution in [0.15, 0.2) is 41.2 Å². The third kappa shape index (κ3) is 2.61. The Morgan fingerprint density at radius 2 is 1.82 bits per heavy atom. The third-order valence-corrected chi connectivity index (χ3v) is 4.48. The van der Waals surface area contributed by atoms with Crippen molar-refractivity contribution in [3.63, 3.8) is 0 Å². The minimum atomic E-state index is -0.563. The smallest absolute Gasteiger partial charge is 0.308 e. The van der Waals surface area contributed by atoms with Crippen LogP contribution in [0.5, 0.6) is 5.75 Å². The lowest BCUT2D eigenvalue weighted by Crippen LogP contribution is -2.04. The number of esters is 1. The predicted molar refractivity (Wildman–Crippen MR) is 87.1 cm³/mol. The molecule has 3 aromatic rings. The lowest BCUT2D eigenvalue weighted by atomic mass is 10.1. The fraction of sp³-hybridized carbons (Fsp3) is 0.0625. The molecule has 0 fully saturated rings. The zero-order chi connectivity index (χ0) is 15.9. The SMILES string of the molecule is CC(=O)Oc1ccc2sc3cc(C(=O)Cl)ccc3c(=O)c2c1. The molecule has 3 rings (SSSR count). The van der Waals surface area contributed by atoms with Gasteiger partial charge in [0.05, 0.1) is 0 Å². The number of ether oxygens (including phenoxy) is 1. The number of carbonyl (C=O) groups excluding carboxylic acids is 2. The van der Waals surface area contributed by atoms with E-state index in [1.54, 1.807) is 30.3 Å². The van der Waals surface area contributed by atoms with Crippen molar-refractivity contribution in [3.8, 4) is 5.75 Å². The zero-order valence-electron chi connectivity index (χ0n) is 11.4. The van der Waals surface area contributed by atoms with E-state index in [2.05, 4.69) is 0 Å². The monoisotopic (exact) mass is 332 g/mol. The van der Waals surface area contributed by atoms with Crippen LogP contribution in [0.2, 0.25) is 0 Å². The van der Waals surface area contributed by atoms with Crippen molar-refractivity contribution in [2.24, 2.45) is 0 Å². The summed E-state index contributed by atoms with van der Waals surface area (Å²) in [6, 6.07) is 9.61. The molecule has 1 aromatic heterocycles. The van der Waals surface area contributed by atoms with Crippen molar-refractivity contribution >= 4 is 54.3 Å². The Labute approximate surface area is 133 Å². The molecule has 110 valence electrons. The average Bonchev–Trinajstić information content (AvgIpc) is 2.47. The van der Waals surface area contributed by atoms with Gasteiger partial charge in [0.1, 0.15) is 5.75 Å². The van der Waals surface area contributed by atoms with E-state index < -0.39 is 11.2 Å². The highest BCUT2D eigenvalue weighted by Crippen LogP contribution is 2.28. The van der Waals surface area contributed by atoms with Gasteiger partial charge in [0, 0.05) is 32.7 Å². The maximum absolute atomic E-state index is 12.6. The van der Waals surface area contributed by atoms with E-state index in [1.165, 1.54) is 24.3 Å². The highest BCUT2D eigenvalue weighted by molar-refractivity contribution is 7.24. The predicted octanol–water partition coefficient (Wildman–Crippen LogP) is 3.72. The lowest BCUT2D eigenvalue weighted by Gasteiger charge is -2.05. The van der Waals surface area contributed by atoms with Gasteiger partial charge in [-0.25, -0.2) is 0 Å². The minimum Gasteiger partial charge on any atom is -0.427 e. The summed E-state index contributed by atoms with van der Waals surface area (Å²) in [5.74, 6) is -0.113. The molecule has 0 atom stereocenters. The van der Waals surface area contributed by atoms with Crippen LogP contribution in [-0.4, -0.2) is 11.2 Å².